The molecule has 0 aliphatic carbocycles. The molecule has 0 radical (unpaired) electrons. The topological polar surface area (TPSA) is 66.4 Å². The molecule has 0 spiro atoms. The number of methoxy groups -OCH3 is 1. The number of nitrogens with one attached hydrogen (secondary N) is 2. The van der Waals surface area contributed by atoms with Crippen molar-refractivity contribution in [3.8, 4) is 11.5 Å². The van der Waals surface area contributed by atoms with Gasteiger partial charge < -0.3 is 19.9 Å². The van der Waals surface area contributed by atoms with Gasteiger partial charge in [0.05, 0.1) is 7.11 Å². The van der Waals surface area contributed by atoms with E-state index in [9.17, 15) is 5.11 Å². The van der Waals surface area contributed by atoms with E-state index < -0.39 is 0 Å². The summed E-state index contributed by atoms with van der Waals surface area (Å²) in [5, 5.41) is 16.2. The van der Waals surface area contributed by atoms with Crippen molar-refractivity contribution in [3.63, 3.8) is 0 Å². The number of aromatic nitrogens is 1. The second-order valence-corrected chi connectivity index (χ2v) is 6.66. The Balaban J connectivity index is 1.56. The van der Waals surface area contributed by atoms with Crippen LogP contribution in [-0.2, 0) is 6.54 Å². The van der Waals surface area contributed by atoms with Crippen LogP contribution in [0.1, 0.15) is 5.56 Å². The van der Waals surface area contributed by atoms with Crippen LogP contribution in [-0.4, -0.2) is 17.2 Å². The molecule has 0 fully saturated rings. The normalized spacial score (nSPS) is 10.4. The van der Waals surface area contributed by atoms with Gasteiger partial charge in [0.1, 0.15) is 0 Å². The summed E-state index contributed by atoms with van der Waals surface area (Å²) in [4.78, 5) is 5.27. The van der Waals surface area contributed by atoms with Crippen molar-refractivity contribution >= 4 is 34.1 Å². The van der Waals surface area contributed by atoms with Crippen molar-refractivity contribution in [2.75, 3.05) is 17.1 Å². The zero-order chi connectivity index (χ0) is 16.8. The molecule has 0 amide bonds. The Kier molecular flexibility index (Phi) is 5.45. The first-order valence-electron chi connectivity index (χ1n) is 7.27. The number of phenolic OH excluding ortho intramolecular Hbond substituents is 1. The van der Waals surface area contributed by atoms with Crippen LogP contribution < -0.4 is 14.8 Å². The van der Waals surface area contributed by atoms with E-state index >= 15 is 0 Å². The van der Waals surface area contributed by atoms with Crippen molar-refractivity contribution in [1.82, 2.24) is 4.98 Å². The highest BCUT2D eigenvalue weighted by Crippen LogP contribution is 2.30. The number of nitrogens with zero attached hydrogens (tertiary/aromatic N) is 1. The first-order chi connectivity index (χ1) is 11.8. The molecular weight excluding hydrogens is 342 g/mol. The summed E-state index contributed by atoms with van der Waals surface area (Å²) in [6, 6.07) is 13.5. The van der Waals surface area contributed by atoms with Crippen molar-refractivity contribution in [2.45, 2.75) is 11.4 Å². The molecule has 1 aromatic heterocycles. The summed E-state index contributed by atoms with van der Waals surface area (Å²) in [7, 11) is 1.54. The van der Waals surface area contributed by atoms with Crippen molar-refractivity contribution < 1.29 is 9.84 Å². The number of ether oxygens (including phenoxy) is 1. The zero-order valence-corrected chi connectivity index (χ0v) is 14.7. The minimum Gasteiger partial charge on any atom is -0.504 e. The lowest BCUT2D eigenvalue weighted by Gasteiger charge is -2.11. The summed E-state index contributed by atoms with van der Waals surface area (Å²) in [5.41, 5.74) is 1.77. The maximum absolute atomic E-state index is 10.1. The molecule has 1 heterocycles. The van der Waals surface area contributed by atoms with Gasteiger partial charge in [-0.25, -0.2) is 4.98 Å². The number of phenols is 1. The Labute approximate surface area is 148 Å². The van der Waals surface area contributed by atoms with Crippen LogP contribution in [0, 0.1) is 0 Å². The third-order valence-corrected chi connectivity index (χ3v) is 4.95. The Morgan fingerprint density at radius 2 is 2.04 bits per heavy atom. The van der Waals surface area contributed by atoms with Crippen molar-refractivity contribution in [1.29, 1.82) is 0 Å². The van der Waals surface area contributed by atoms with Crippen LogP contribution in [0.4, 0.5) is 10.8 Å². The minimum atomic E-state index is 0.173. The van der Waals surface area contributed by atoms with Gasteiger partial charge in [0.25, 0.3) is 0 Å². The molecule has 0 aliphatic heterocycles. The number of thiazole rings is 1. The lowest BCUT2D eigenvalue weighted by molar-refractivity contribution is 0.371. The molecule has 3 aromatic rings. The van der Waals surface area contributed by atoms with Gasteiger partial charge in [0, 0.05) is 34.3 Å². The standard InChI is InChI=1S/C17H17N3O2S2/c1-22-15-4-2-3-12(16(15)21)11-19-13-5-7-14(8-6-13)24-20-17-18-9-10-23-17/h2-10,19,21H,11H2,1H3,(H,18,20). The Hall–Kier alpha value is -2.38. The highest BCUT2D eigenvalue weighted by molar-refractivity contribution is 8.00. The van der Waals surface area contributed by atoms with E-state index in [0.717, 1.165) is 21.3 Å². The molecule has 0 bridgehead atoms. The number of hydrogen-bond donors (Lipinski definition) is 3. The largest absolute Gasteiger partial charge is 0.504 e. The van der Waals surface area contributed by atoms with E-state index in [2.05, 4.69) is 15.0 Å². The first-order valence-corrected chi connectivity index (χ1v) is 8.97. The highest BCUT2D eigenvalue weighted by Gasteiger charge is 2.06. The summed E-state index contributed by atoms with van der Waals surface area (Å²) < 4.78 is 8.31. The lowest BCUT2D eigenvalue weighted by Crippen LogP contribution is -2.00. The molecule has 5 nitrogen and oxygen atoms in total. The molecule has 124 valence electrons. The lowest BCUT2D eigenvalue weighted by atomic mass is 10.2. The van der Waals surface area contributed by atoms with Crippen LogP contribution in [0.2, 0.25) is 0 Å². The minimum absolute atomic E-state index is 0.173. The Morgan fingerprint density at radius 3 is 2.75 bits per heavy atom. The quantitative estimate of drug-likeness (QED) is 0.536. The predicted octanol–water partition coefficient (Wildman–Crippen LogP) is 4.59. The Bertz CT molecular complexity index is 777. The van der Waals surface area contributed by atoms with E-state index in [4.69, 9.17) is 4.74 Å². The average molecular weight is 359 g/mol. The summed E-state index contributed by atoms with van der Waals surface area (Å²) in [6.07, 6.45) is 1.77. The fourth-order valence-corrected chi connectivity index (χ4v) is 3.31. The number of benzene rings is 2. The molecule has 0 aliphatic rings. The van der Waals surface area contributed by atoms with E-state index in [0.29, 0.717) is 12.3 Å². The van der Waals surface area contributed by atoms with Crippen LogP contribution in [0.25, 0.3) is 0 Å². The van der Waals surface area contributed by atoms with Crippen LogP contribution in [0.3, 0.4) is 0 Å². The van der Waals surface area contributed by atoms with Gasteiger partial charge in [-0.2, -0.15) is 0 Å². The van der Waals surface area contributed by atoms with Crippen LogP contribution in [0.5, 0.6) is 11.5 Å². The van der Waals surface area contributed by atoms with Gasteiger partial charge in [-0.05, 0) is 42.3 Å². The SMILES string of the molecule is COc1cccc(CNc2ccc(SNc3nccs3)cc2)c1O. The van der Waals surface area contributed by atoms with E-state index in [-0.39, 0.29) is 5.75 Å². The highest BCUT2D eigenvalue weighted by atomic mass is 32.2. The molecule has 0 atom stereocenters. The maximum Gasteiger partial charge on any atom is 0.192 e. The smallest absolute Gasteiger partial charge is 0.192 e. The first kappa shape index (κ1) is 16.5. The summed E-state index contributed by atoms with van der Waals surface area (Å²) in [5.74, 6) is 0.654. The zero-order valence-electron chi connectivity index (χ0n) is 13.0. The molecule has 24 heavy (non-hydrogen) atoms. The molecule has 0 saturated heterocycles. The van der Waals surface area contributed by atoms with Crippen LogP contribution >= 0.6 is 23.3 Å². The molecule has 2 aromatic carbocycles. The Morgan fingerprint density at radius 1 is 1.21 bits per heavy atom. The van der Waals surface area contributed by atoms with Gasteiger partial charge in [-0.1, -0.05) is 12.1 Å². The second kappa shape index (κ2) is 7.94. The average Bonchev–Trinajstić information content (AvgIpc) is 3.13. The van der Waals surface area contributed by atoms with E-state index in [1.165, 1.54) is 11.9 Å². The van der Waals surface area contributed by atoms with Gasteiger partial charge in [0.2, 0.25) is 0 Å². The monoisotopic (exact) mass is 359 g/mol. The molecule has 3 rings (SSSR count). The number of para-hydroxylation sites is 1. The van der Waals surface area contributed by atoms with Gasteiger partial charge in [-0.15, -0.1) is 11.3 Å². The molecule has 7 heteroatoms. The van der Waals surface area contributed by atoms with E-state index in [1.54, 1.807) is 30.7 Å². The molecule has 0 unspecified atom stereocenters. The number of rotatable bonds is 7. The van der Waals surface area contributed by atoms with Gasteiger partial charge >= 0.3 is 0 Å². The number of hydrogen-bond acceptors (Lipinski definition) is 7. The molecular formula is C17H17N3O2S2. The van der Waals surface area contributed by atoms with Crippen molar-refractivity contribution in [3.05, 3.63) is 59.6 Å². The van der Waals surface area contributed by atoms with E-state index in [1.807, 2.05) is 41.8 Å². The third-order valence-electron chi connectivity index (χ3n) is 3.33. The van der Waals surface area contributed by atoms with Gasteiger partial charge in [-0.3, -0.25) is 0 Å². The summed E-state index contributed by atoms with van der Waals surface area (Å²) >= 11 is 3.09. The summed E-state index contributed by atoms with van der Waals surface area (Å²) in [6.45, 7) is 0.521. The van der Waals surface area contributed by atoms with Gasteiger partial charge in [0.15, 0.2) is 16.6 Å². The maximum atomic E-state index is 10.1. The fraction of sp³-hybridized carbons (Fsp3) is 0.118. The molecule has 0 saturated carbocycles. The van der Waals surface area contributed by atoms with Crippen LogP contribution in [0.15, 0.2) is 58.9 Å². The van der Waals surface area contributed by atoms with Crippen molar-refractivity contribution in [2.24, 2.45) is 0 Å². The third kappa shape index (κ3) is 4.12. The second-order valence-electron chi connectivity index (χ2n) is 4.89. The fourth-order valence-electron chi connectivity index (χ4n) is 2.09. The number of anilines is 2. The number of aromatic hydroxyl groups is 1. The predicted molar refractivity (Wildman–Crippen MR) is 100 cm³/mol. The molecule has 3 N–H and O–H groups in total.